The summed E-state index contributed by atoms with van der Waals surface area (Å²) in [7, 11) is 0. The summed E-state index contributed by atoms with van der Waals surface area (Å²) in [5.41, 5.74) is 2.18. The maximum atomic E-state index is 11.7. The van der Waals surface area contributed by atoms with Crippen LogP contribution < -0.4 is 0 Å². The van der Waals surface area contributed by atoms with E-state index in [4.69, 9.17) is 4.74 Å². The lowest BCUT2D eigenvalue weighted by Gasteiger charge is -2.24. The highest BCUT2D eigenvalue weighted by Gasteiger charge is 2.22. The third kappa shape index (κ3) is 2.16. The number of fused-ring (bicyclic) bond motifs is 1. The van der Waals surface area contributed by atoms with E-state index in [1.165, 1.54) is 18.5 Å². The Kier molecular flexibility index (Phi) is 3.02. The number of carbonyl (C=O) groups is 1. The minimum atomic E-state index is 0.314. The lowest BCUT2D eigenvalue weighted by molar-refractivity contribution is 0.00558. The first-order chi connectivity index (χ1) is 8.34. The molecule has 3 heteroatoms. The lowest BCUT2D eigenvalue weighted by Crippen LogP contribution is -2.25. The highest BCUT2D eigenvalue weighted by atomic mass is 16.5. The van der Waals surface area contributed by atoms with E-state index in [-0.39, 0.29) is 0 Å². The van der Waals surface area contributed by atoms with Crippen LogP contribution in [-0.2, 0) is 17.7 Å². The number of carbonyl (C=O) groups excluding carboxylic acids is 1. The zero-order valence-corrected chi connectivity index (χ0v) is 10.2. The Balaban J connectivity index is 1.77. The molecule has 17 heavy (non-hydrogen) atoms. The van der Waals surface area contributed by atoms with Crippen LogP contribution in [0.5, 0.6) is 0 Å². The van der Waals surface area contributed by atoms with Crippen LogP contribution in [0.15, 0.2) is 12.3 Å². The first-order valence-corrected chi connectivity index (χ1v) is 6.67. The average molecular weight is 233 g/mol. The van der Waals surface area contributed by atoms with Gasteiger partial charge in [-0.05, 0) is 38.2 Å². The van der Waals surface area contributed by atoms with Crippen LogP contribution in [-0.4, -0.2) is 23.1 Å². The maximum Gasteiger partial charge on any atom is 0.164 e. The minimum absolute atomic E-state index is 0.314. The topological polar surface area (TPSA) is 31.2 Å². The first kappa shape index (κ1) is 11.0. The summed E-state index contributed by atoms with van der Waals surface area (Å²) in [6.07, 6.45) is 8.79. The molecule has 3 nitrogen and oxygen atoms in total. The molecule has 0 aromatic carbocycles. The van der Waals surface area contributed by atoms with Gasteiger partial charge >= 0.3 is 0 Å². The van der Waals surface area contributed by atoms with E-state index in [1.807, 2.05) is 6.07 Å². The van der Waals surface area contributed by atoms with Gasteiger partial charge in [-0.15, -0.1) is 0 Å². The molecule has 1 aromatic heterocycles. The Morgan fingerprint density at radius 1 is 1.29 bits per heavy atom. The molecule has 1 unspecified atom stereocenters. The smallest absolute Gasteiger partial charge is 0.164 e. The third-order valence-corrected chi connectivity index (χ3v) is 3.87. The van der Waals surface area contributed by atoms with Crippen molar-refractivity contribution in [1.82, 2.24) is 4.57 Å². The van der Waals surface area contributed by atoms with Crippen molar-refractivity contribution in [2.24, 2.45) is 0 Å². The van der Waals surface area contributed by atoms with Gasteiger partial charge in [-0.2, -0.15) is 0 Å². The normalized spacial score (nSPS) is 24.7. The van der Waals surface area contributed by atoms with Gasteiger partial charge in [0, 0.05) is 37.0 Å². The van der Waals surface area contributed by atoms with Gasteiger partial charge in [0.25, 0.3) is 0 Å². The van der Waals surface area contributed by atoms with Crippen molar-refractivity contribution in [3.8, 4) is 0 Å². The standard InChI is InChI=1S/C14H19NO2/c16-14-6-3-5-13-12(14)7-8-15(13)10-11-4-1-2-9-17-11/h7-8,11H,1-6,9-10H2. The lowest BCUT2D eigenvalue weighted by atomic mass is 9.96. The maximum absolute atomic E-state index is 11.7. The molecule has 0 radical (unpaired) electrons. The average Bonchev–Trinajstić information content (AvgIpc) is 2.76. The molecule has 3 rings (SSSR count). The van der Waals surface area contributed by atoms with Gasteiger partial charge in [0.05, 0.1) is 6.10 Å². The van der Waals surface area contributed by atoms with Gasteiger partial charge in [-0.1, -0.05) is 0 Å². The molecule has 1 aliphatic heterocycles. The first-order valence-electron chi connectivity index (χ1n) is 6.67. The summed E-state index contributed by atoms with van der Waals surface area (Å²) >= 11 is 0. The Labute approximate surface area is 102 Å². The van der Waals surface area contributed by atoms with Crippen molar-refractivity contribution < 1.29 is 9.53 Å². The zero-order valence-electron chi connectivity index (χ0n) is 10.2. The fraction of sp³-hybridized carbons (Fsp3) is 0.643. The fourth-order valence-corrected chi connectivity index (χ4v) is 2.93. The van der Waals surface area contributed by atoms with E-state index in [9.17, 15) is 4.79 Å². The number of hydrogen-bond donors (Lipinski definition) is 0. The van der Waals surface area contributed by atoms with Gasteiger partial charge < -0.3 is 9.30 Å². The number of Topliss-reactive ketones (excluding diaryl/α,β-unsaturated/α-hetero) is 1. The van der Waals surface area contributed by atoms with Crippen LogP contribution in [0, 0.1) is 0 Å². The second-order valence-electron chi connectivity index (χ2n) is 5.09. The van der Waals surface area contributed by atoms with Crippen molar-refractivity contribution in [1.29, 1.82) is 0 Å². The van der Waals surface area contributed by atoms with Crippen molar-refractivity contribution in [2.75, 3.05) is 6.61 Å². The number of ketones is 1. The highest BCUT2D eigenvalue weighted by Crippen LogP contribution is 2.24. The Morgan fingerprint density at radius 3 is 3.06 bits per heavy atom. The minimum Gasteiger partial charge on any atom is -0.376 e. The number of nitrogens with zero attached hydrogens (tertiary/aromatic N) is 1. The fourth-order valence-electron chi connectivity index (χ4n) is 2.93. The quantitative estimate of drug-likeness (QED) is 0.786. The van der Waals surface area contributed by atoms with E-state index in [1.54, 1.807) is 0 Å². The Hall–Kier alpha value is -1.09. The molecule has 0 amide bonds. The van der Waals surface area contributed by atoms with Gasteiger partial charge in [-0.3, -0.25) is 4.79 Å². The molecule has 2 heterocycles. The van der Waals surface area contributed by atoms with Crippen molar-refractivity contribution in [3.63, 3.8) is 0 Å². The zero-order chi connectivity index (χ0) is 11.7. The van der Waals surface area contributed by atoms with E-state index in [0.29, 0.717) is 11.9 Å². The van der Waals surface area contributed by atoms with Gasteiger partial charge in [0.1, 0.15) is 0 Å². The second kappa shape index (κ2) is 4.65. The second-order valence-corrected chi connectivity index (χ2v) is 5.09. The summed E-state index contributed by atoms with van der Waals surface area (Å²) < 4.78 is 8.00. The van der Waals surface area contributed by atoms with Gasteiger partial charge in [-0.25, -0.2) is 0 Å². The molecule has 0 bridgehead atoms. The molecule has 1 saturated heterocycles. The summed E-state index contributed by atoms with van der Waals surface area (Å²) in [6.45, 7) is 1.82. The van der Waals surface area contributed by atoms with Crippen LogP contribution in [0.1, 0.15) is 48.2 Å². The van der Waals surface area contributed by atoms with E-state index in [2.05, 4.69) is 10.8 Å². The van der Waals surface area contributed by atoms with Crippen molar-refractivity contribution in [3.05, 3.63) is 23.5 Å². The predicted octanol–water partition coefficient (Wildman–Crippen LogP) is 2.58. The van der Waals surface area contributed by atoms with Crippen LogP contribution >= 0.6 is 0 Å². The number of rotatable bonds is 2. The van der Waals surface area contributed by atoms with Crippen molar-refractivity contribution >= 4 is 5.78 Å². The largest absolute Gasteiger partial charge is 0.376 e. The van der Waals surface area contributed by atoms with Gasteiger partial charge in [0.15, 0.2) is 5.78 Å². The molecule has 2 aliphatic rings. The summed E-state index contributed by atoms with van der Waals surface area (Å²) in [5, 5.41) is 0. The predicted molar refractivity (Wildman–Crippen MR) is 65.3 cm³/mol. The molecule has 1 atom stereocenters. The Bertz CT molecular complexity index is 416. The van der Waals surface area contributed by atoms with E-state index < -0.39 is 0 Å². The van der Waals surface area contributed by atoms with Crippen LogP contribution in [0.4, 0.5) is 0 Å². The molecule has 0 N–H and O–H groups in total. The Morgan fingerprint density at radius 2 is 2.24 bits per heavy atom. The molecule has 1 aliphatic carbocycles. The third-order valence-electron chi connectivity index (χ3n) is 3.87. The van der Waals surface area contributed by atoms with E-state index >= 15 is 0 Å². The molecule has 1 aromatic rings. The summed E-state index contributed by atoms with van der Waals surface area (Å²) in [4.78, 5) is 11.7. The summed E-state index contributed by atoms with van der Waals surface area (Å²) in [6, 6.07) is 1.99. The van der Waals surface area contributed by atoms with Crippen molar-refractivity contribution in [2.45, 2.75) is 51.2 Å². The molecule has 0 spiro atoms. The molecule has 0 saturated carbocycles. The van der Waals surface area contributed by atoms with Gasteiger partial charge in [0.2, 0.25) is 0 Å². The van der Waals surface area contributed by atoms with E-state index in [0.717, 1.165) is 44.4 Å². The number of aromatic nitrogens is 1. The molecule has 1 fully saturated rings. The highest BCUT2D eigenvalue weighted by molar-refractivity contribution is 5.98. The van der Waals surface area contributed by atoms with Crippen LogP contribution in [0.25, 0.3) is 0 Å². The monoisotopic (exact) mass is 233 g/mol. The molecular weight excluding hydrogens is 214 g/mol. The van der Waals surface area contributed by atoms with Crippen LogP contribution in [0.3, 0.4) is 0 Å². The number of hydrogen-bond acceptors (Lipinski definition) is 2. The SMILES string of the molecule is O=C1CCCc2c1ccn2CC1CCCCO1. The molecule has 92 valence electrons. The number of ether oxygens (including phenoxy) is 1. The van der Waals surface area contributed by atoms with Crippen LogP contribution in [0.2, 0.25) is 0 Å². The summed E-state index contributed by atoms with van der Waals surface area (Å²) in [5.74, 6) is 0.314. The molecular formula is C14H19NO2.